The summed E-state index contributed by atoms with van der Waals surface area (Å²) in [6, 6.07) is 0.852. The first-order valence-electron chi connectivity index (χ1n) is 6.69. The lowest BCUT2D eigenvalue weighted by Crippen LogP contribution is -2.42. The van der Waals surface area contributed by atoms with E-state index in [1.807, 2.05) is 25.7 Å². The molecule has 3 saturated heterocycles. The Balaban J connectivity index is 1.75. The largest absolute Gasteiger partial charge is 0.444 e. The van der Waals surface area contributed by atoms with Crippen molar-refractivity contribution in [1.29, 1.82) is 0 Å². The van der Waals surface area contributed by atoms with Crippen LogP contribution in [0.3, 0.4) is 0 Å². The van der Waals surface area contributed by atoms with Crippen LogP contribution in [0, 0.1) is 11.8 Å². The molecule has 0 aliphatic carbocycles. The monoisotopic (exact) mass is 238 g/mol. The lowest BCUT2D eigenvalue weighted by molar-refractivity contribution is 0.0195. The maximum Gasteiger partial charge on any atom is 0.410 e. The summed E-state index contributed by atoms with van der Waals surface area (Å²) in [5.74, 6) is 1.34. The molecule has 0 aromatic carbocycles. The van der Waals surface area contributed by atoms with Gasteiger partial charge in [0.2, 0.25) is 0 Å². The third kappa shape index (κ3) is 1.73. The molecule has 4 heteroatoms. The Morgan fingerprint density at radius 1 is 1.18 bits per heavy atom. The highest BCUT2D eigenvalue weighted by molar-refractivity contribution is 5.70. The molecule has 3 fully saturated rings. The number of carbonyl (C=O) groups excluding carboxylic acids is 1. The Labute approximate surface area is 103 Å². The van der Waals surface area contributed by atoms with Crippen molar-refractivity contribution in [3.8, 4) is 0 Å². The van der Waals surface area contributed by atoms with Gasteiger partial charge in [-0.15, -0.1) is 0 Å². The zero-order chi connectivity index (χ0) is 12.2. The molecule has 96 valence electrons. The van der Waals surface area contributed by atoms with Gasteiger partial charge in [0.15, 0.2) is 0 Å². The van der Waals surface area contributed by atoms with E-state index in [-0.39, 0.29) is 11.7 Å². The molecule has 3 aliphatic rings. The predicted molar refractivity (Wildman–Crippen MR) is 64.7 cm³/mol. The van der Waals surface area contributed by atoms with Gasteiger partial charge in [0, 0.05) is 25.2 Å². The van der Waals surface area contributed by atoms with Crippen LogP contribution >= 0.6 is 0 Å². The normalized spacial score (nSPS) is 39.6. The molecule has 2 bridgehead atoms. The number of nitrogens with one attached hydrogen (secondary N) is 1. The summed E-state index contributed by atoms with van der Waals surface area (Å²) < 4.78 is 5.53. The first-order chi connectivity index (χ1) is 7.97. The number of carbonyl (C=O) groups is 1. The van der Waals surface area contributed by atoms with E-state index in [1.54, 1.807) is 0 Å². The van der Waals surface area contributed by atoms with E-state index in [0.717, 1.165) is 25.9 Å². The number of rotatable bonds is 0. The number of amides is 1. The first-order valence-corrected chi connectivity index (χ1v) is 6.69. The molecule has 4 nitrogen and oxygen atoms in total. The highest BCUT2D eigenvalue weighted by Crippen LogP contribution is 2.47. The molecule has 2 unspecified atom stereocenters. The van der Waals surface area contributed by atoms with Crippen LogP contribution in [0.1, 0.15) is 33.6 Å². The molecule has 0 spiro atoms. The summed E-state index contributed by atoms with van der Waals surface area (Å²) in [7, 11) is 0. The fourth-order valence-corrected chi connectivity index (χ4v) is 3.85. The maximum absolute atomic E-state index is 12.2. The molecule has 3 rings (SSSR count). The van der Waals surface area contributed by atoms with Gasteiger partial charge in [0.1, 0.15) is 5.60 Å². The minimum absolute atomic E-state index is 0.0978. The zero-order valence-electron chi connectivity index (χ0n) is 10.9. The van der Waals surface area contributed by atoms with Gasteiger partial charge in [0.25, 0.3) is 0 Å². The van der Waals surface area contributed by atoms with Crippen molar-refractivity contribution in [3.05, 3.63) is 0 Å². The molecule has 1 amide bonds. The number of ether oxygens (including phenoxy) is 1. The van der Waals surface area contributed by atoms with Gasteiger partial charge in [0.05, 0.1) is 0 Å². The molecule has 0 radical (unpaired) electrons. The molecule has 0 aromatic heterocycles. The van der Waals surface area contributed by atoms with Gasteiger partial charge in [-0.05, 0) is 45.4 Å². The fourth-order valence-electron chi connectivity index (χ4n) is 3.85. The van der Waals surface area contributed by atoms with Crippen LogP contribution in [-0.4, -0.2) is 41.8 Å². The van der Waals surface area contributed by atoms with Crippen molar-refractivity contribution in [3.63, 3.8) is 0 Å². The summed E-state index contributed by atoms with van der Waals surface area (Å²) in [5, 5.41) is 3.45. The number of fused-ring (bicyclic) bond motifs is 5. The molecule has 0 saturated carbocycles. The summed E-state index contributed by atoms with van der Waals surface area (Å²) in [5.41, 5.74) is -0.382. The van der Waals surface area contributed by atoms with E-state index in [1.165, 1.54) is 0 Å². The van der Waals surface area contributed by atoms with Crippen molar-refractivity contribution >= 4 is 6.09 Å². The Bertz CT molecular complexity index is 319. The fraction of sp³-hybridized carbons (Fsp3) is 0.923. The van der Waals surface area contributed by atoms with E-state index in [4.69, 9.17) is 4.74 Å². The number of hydrogen-bond acceptors (Lipinski definition) is 3. The van der Waals surface area contributed by atoms with Gasteiger partial charge < -0.3 is 15.0 Å². The minimum atomic E-state index is -0.382. The van der Waals surface area contributed by atoms with Gasteiger partial charge >= 0.3 is 6.09 Å². The van der Waals surface area contributed by atoms with Crippen molar-refractivity contribution in [2.24, 2.45) is 11.8 Å². The SMILES string of the molecule is CC(C)(C)OC(=O)N1[C@@H]2CC[C@H]1C1CNCC12. The van der Waals surface area contributed by atoms with E-state index in [0.29, 0.717) is 23.9 Å². The standard InChI is InChI=1S/C13H22N2O2/c1-13(2,3)17-12(16)15-10-4-5-11(15)9-7-14-6-8(9)10/h8-11,14H,4-7H2,1-3H3/t8?,9?,10-,11+. The molecule has 17 heavy (non-hydrogen) atoms. The molecular formula is C13H22N2O2. The lowest BCUT2D eigenvalue weighted by atomic mass is 9.82. The predicted octanol–water partition coefficient (Wildman–Crippen LogP) is 1.60. The molecule has 3 aliphatic heterocycles. The van der Waals surface area contributed by atoms with E-state index >= 15 is 0 Å². The molecule has 1 N–H and O–H groups in total. The van der Waals surface area contributed by atoms with Crippen LogP contribution in [-0.2, 0) is 4.74 Å². The molecular weight excluding hydrogens is 216 g/mol. The Morgan fingerprint density at radius 2 is 1.71 bits per heavy atom. The third-order valence-electron chi connectivity index (χ3n) is 4.38. The van der Waals surface area contributed by atoms with Crippen LogP contribution in [0.15, 0.2) is 0 Å². The van der Waals surface area contributed by atoms with Gasteiger partial charge in [-0.25, -0.2) is 4.79 Å². The molecule has 3 heterocycles. The van der Waals surface area contributed by atoms with Gasteiger partial charge in [-0.3, -0.25) is 0 Å². The Kier molecular flexibility index (Phi) is 2.41. The van der Waals surface area contributed by atoms with Crippen LogP contribution in [0.5, 0.6) is 0 Å². The Morgan fingerprint density at radius 3 is 2.18 bits per heavy atom. The number of hydrogen-bond donors (Lipinski definition) is 1. The first kappa shape index (κ1) is 11.3. The summed E-state index contributed by atoms with van der Waals surface area (Å²) >= 11 is 0. The zero-order valence-corrected chi connectivity index (χ0v) is 10.9. The van der Waals surface area contributed by atoms with Crippen LogP contribution in [0.4, 0.5) is 4.79 Å². The van der Waals surface area contributed by atoms with Crippen molar-refractivity contribution in [2.45, 2.75) is 51.3 Å². The summed E-state index contributed by atoms with van der Waals surface area (Å²) in [6.07, 6.45) is 2.22. The highest BCUT2D eigenvalue weighted by Gasteiger charge is 2.57. The van der Waals surface area contributed by atoms with E-state index < -0.39 is 0 Å². The van der Waals surface area contributed by atoms with E-state index in [9.17, 15) is 4.79 Å². The minimum Gasteiger partial charge on any atom is -0.444 e. The average Bonchev–Trinajstić information content (AvgIpc) is 2.86. The van der Waals surface area contributed by atoms with Crippen LogP contribution < -0.4 is 5.32 Å². The topological polar surface area (TPSA) is 41.6 Å². The second-order valence-electron chi connectivity index (χ2n) is 6.59. The average molecular weight is 238 g/mol. The van der Waals surface area contributed by atoms with Crippen LogP contribution in [0.2, 0.25) is 0 Å². The lowest BCUT2D eigenvalue weighted by Gasteiger charge is -2.28. The molecule has 0 aromatic rings. The van der Waals surface area contributed by atoms with Crippen molar-refractivity contribution in [1.82, 2.24) is 10.2 Å². The summed E-state index contributed by atoms with van der Waals surface area (Å²) in [4.78, 5) is 14.3. The van der Waals surface area contributed by atoms with Crippen molar-refractivity contribution < 1.29 is 9.53 Å². The smallest absolute Gasteiger partial charge is 0.410 e. The van der Waals surface area contributed by atoms with Crippen molar-refractivity contribution in [2.75, 3.05) is 13.1 Å². The van der Waals surface area contributed by atoms with Crippen LogP contribution in [0.25, 0.3) is 0 Å². The highest BCUT2D eigenvalue weighted by atomic mass is 16.6. The quantitative estimate of drug-likeness (QED) is 0.697. The third-order valence-corrected chi connectivity index (χ3v) is 4.38. The van der Waals surface area contributed by atoms with E-state index in [2.05, 4.69) is 5.32 Å². The second kappa shape index (κ2) is 3.61. The number of nitrogens with zero attached hydrogens (tertiary/aromatic N) is 1. The summed E-state index contributed by atoms with van der Waals surface area (Å²) in [6.45, 7) is 7.96. The maximum atomic E-state index is 12.2. The molecule has 4 atom stereocenters. The van der Waals surface area contributed by atoms with Gasteiger partial charge in [-0.2, -0.15) is 0 Å². The Hall–Kier alpha value is -0.770. The second-order valence-corrected chi connectivity index (χ2v) is 6.59. The van der Waals surface area contributed by atoms with Gasteiger partial charge in [-0.1, -0.05) is 0 Å².